The molecule has 0 aliphatic heterocycles. The third kappa shape index (κ3) is 2.11. The van der Waals surface area contributed by atoms with E-state index < -0.39 is 0 Å². The molecular formula is C8H8N3O+. The number of nitrogens with zero attached hydrogens (tertiary/aromatic N) is 3. The lowest BCUT2D eigenvalue weighted by Gasteiger charge is -1.85. The minimum atomic E-state index is 0.586. The highest BCUT2D eigenvalue weighted by atomic mass is 16.1. The molecule has 0 spiro atoms. The summed E-state index contributed by atoms with van der Waals surface area (Å²) < 4.78 is 0. The molecule has 0 amide bonds. The average Bonchev–Trinajstić information content (AvgIpc) is 2.15. The highest BCUT2D eigenvalue weighted by Crippen LogP contribution is 2.11. The van der Waals surface area contributed by atoms with Crippen LogP contribution in [0.2, 0.25) is 0 Å². The quantitative estimate of drug-likeness (QED) is 0.371. The van der Waals surface area contributed by atoms with Crippen LogP contribution in [-0.2, 0) is 0 Å². The predicted octanol–water partition coefficient (Wildman–Crippen LogP) is 1.73. The van der Waals surface area contributed by atoms with Crippen LogP contribution in [0, 0.1) is 0 Å². The van der Waals surface area contributed by atoms with Crippen LogP contribution in [0.4, 0.5) is 5.69 Å². The summed E-state index contributed by atoms with van der Waals surface area (Å²) in [5.74, 6) is 0. The van der Waals surface area contributed by atoms with Gasteiger partial charge in [-0.1, -0.05) is 12.1 Å². The van der Waals surface area contributed by atoms with Crippen molar-refractivity contribution in [1.82, 2.24) is 4.91 Å². The summed E-state index contributed by atoms with van der Waals surface area (Å²) in [5, 5.41) is 7.19. The smallest absolute Gasteiger partial charge is 0.222 e. The Hall–Kier alpha value is -1.80. The van der Waals surface area contributed by atoms with Crippen LogP contribution in [0.1, 0.15) is 10.4 Å². The average molecular weight is 162 g/mol. The molecule has 0 N–H and O–H groups in total. The van der Waals surface area contributed by atoms with Crippen molar-refractivity contribution in [3.05, 3.63) is 29.8 Å². The summed E-state index contributed by atoms with van der Waals surface area (Å²) in [5.41, 5.74) is 1.22. The van der Waals surface area contributed by atoms with E-state index in [0.717, 1.165) is 6.29 Å². The Morgan fingerprint density at radius 2 is 2.33 bits per heavy atom. The van der Waals surface area contributed by atoms with Crippen molar-refractivity contribution in [2.24, 2.45) is 10.2 Å². The van der Waals surface area contributed by atoms with Gasteiger partial charge in [-0.2, -0.15) is 0 Å². The molecule has 0 radical (unpaired) electrons. The first-order chi connectivity index (χ1) is 5.86. The largest absolute Gasteiger partial charge is 0.298 e. The van der Waals surface area contributed by atoms with E-state index in [9.17, 15) is 4.79 Å². The Morgan fingerprint density at radius 1 is 1.50 bits per heavy atom. The lowest BCUT2D eigenvalue weighted by atomic mass is 10.2. The Bertz CT molecular complexity index is 340. The predicted molar refractivity (Wildman–Crippen MR) is 44.4 cm³/mol. The molecule has 0 aliphatic rings. The van der Waals surface area contributed by atoms with Gasteiger partial charge in [0.05, 0.1) is 0 Å². The number of rotatable bonds is 2. The molecule has 0 heterocycles. The fraction of sp³-hybridized carbons (Fsp3) is 0.125. The van der Waals surface area contributed by atoms with Crippen molar-refractivity contribution in [2.75, 3.05) is 7.05 Å². The minimum Gasteiger partial charge on any atom is -0.298 e. The maximum Gasteiger partial charge on any atom is 0.222 e. The van der Waals surface area contributed by atoms with Crippen LogP contribution in [0.15, 0.2) is 34.5 Å². The molecule has 1 rings (SSSR count). The zero-order chi connectivity index (χ0) is 8.81. The maximum absolute atomic E-state index is 10.3. The molecule has 0 bridgehead atoms. The third-order valence-corrected chi connectivity index (χ3v) is 1.26. The lowest BCUT2D eigenvalue weighted by Crippen LogP contribution is -1.76. The van der Waals surface area contributed by atoms with Gasteiger partial charge in [-0.15, -0.1) is 0 Å². The van der Waals surface area contributed by atoms with E-state index >= 15 is 0 Å². The number of hydrogen-bond acceptors (Lipinski definition) is 3. The topological polar surface area (TPSA) is 55.9 Å². The van der Waals surface area contributed by atoms with Gasteiger partial charge in [0.1, 0.15) is 18.4 Å². The second-order valence-corrected chi connectivity index (χ2v) is 2.10. The van der Waals surface area contributed by atoms with E-state index in [1.807, 2.05) is 0 Å². The fourth-order valence-electron chi connectivity index (χ4n) is 0.757. The standard InChI is InChI=1S/C8H8N3O/c1-9-11-10-8-4-2-3-7(5-8)6-12/h2-6H,1H3/q+1. The molecule has 4 heteroatoms. The molecule has 60 valence electrons. The van der Waals surface area contributed by atoms with Crippen molar-refractivity contribution in [2.45, 2.75) is 0 Å². The van der Waals surface area contributed by atoms with Crippen molar-refractivity contribution in [3.8, 4) is 0 Å². The molecule has 0 atom stereocenters. The number of carbonyl (C=O) groups is 1. The Balaban J connectivity index is 3.01. The van der Waals surface area contributed by atoms with Gasteiger partial charge in [0.2, 0.25) is 4.91 Å². The van der Waals surface area contributed by atoms with Crippen LogP contribution < -0.4 is 4.91 Å². The van der Waals surface area contributed by atoms with E-state index in [2.05, 4.69) is 15.1 Å². The second-order valence-electron chi connectivity index (χ2n) is 2.10. The molecule has 4 nitrogen and oxygen atoms in total. The van der Waals surface area contributed by atoms with Gasteiger partial charge in [-0.05, 0) is 12.1 Å². The molecule has 0 aromatic heterocycles. The SMILES string of the molecule is CN=[N+]=Nc1cccc(C=O)c1. The summed E-state index contributed by atoms with van der Waals surface area (Å²) in [7, 11) is 1.53. The summed E-state index contributed by atoms with van der Waals surface area (Å²) in [6.07, 6.45) is 0.766. The van der Waals surface area contributed by atoms with Gasteiger partial charge in [-0.3, -0.25) is 4.79 Å². The monoisotopic (exact) mass is 162 g/mol. The van der Waals surface area contributed by atoms with Gasteiger partial charge in [0, 0.05) is 5.56 Å². The highest BCUT2D eigenvalue weighted by molar-refractivity contribution is 5.76. The summed E-state index contributed by atoms with van der Waals surface area (Å²) >= 11 is 0. The molecule has 0 unspecified atom stereocenters. The molecule has 0 fully saturated rings. The number of aldehydes is 1. The molecule has 0 aliphatic carbocycles. The Morgan fingerprint density at radius 3 is 3.00 bits per heavy atom. The third-order valence-electron chi connectivity index (χ3n) is 1.26. The molecule has 12 heavy (non-hydrogen) atoms. The first-order valence-corrected chi connectivity index (χ1v) is 3.42. The van der Waals surface area contributed by atoms with Gasteiger partial charge < -0.3 is 0 Å². The highest BCUT2D eigenvalue weighted by Gasteiger charge is 1.95. The van der Waals surface area contributed by atoms with Gasteiger partial charge in [0.25, 0.3) is 0 Å². The zero-order valence-electron chi connectivity index (χ0n) is 6.64. The lowest BCUT2D eigenvalue weighted by molar-refractivity contribution is 0.112. The van der Waals surface area contributed by atoms with Crippen LogP contribution in [0.5, 0.6) is 0 Å². The van der Waals surface area contributed by atoms with E-state index in [-0.39, 0.29) is 0 Å². The first kappa shape index (κ1) is 8.30. The van der Waals surface area contributed by atoms with Crippen molar-refractivity contribution in [3.63, 3.8) is 0 Å². The maximum atomic E-state index is 10.3. The fourth-order valence-corrected chi connectivity index (χ4v) is 0.757. The van der Waals surface area contributed by atoms with Crippen molar-refractivity contribution in [1.29, 1.82) is 0 Å². The zero-order valence-corrected chi connectivity index (χ0v) is 6.64. The minimum absolute atomic E-state index is 0.586. The van der Waals surface area contributed by atoms with Crippen LogP contribution >= 0.6 is 0 Å². The number of carbonyl (C=O) groups excluding carboxylic acids is 1. The van der Waals surface area contributed by atoms with Crippen LogP contribution in [-0.4, -0.2) is 13.3 Å². The molecular weight excluding hydrogens is 154 g/mol. The first-order valence-electron chi connectivity index (χ1n) is 3.42. The Kier molecular flexibility index (Phi) is 2.87. The molecule has 1 aromatic carbocycles. The Labute approximate surface area is 69.7 Å². The van der Waals surface area contributed by atoms with Crippen molar-refractivity contribution < 1.29 is 4.79 Å². The van der Waals surface area contributed by atoms with E-state index in [4.69, 9.17) is 0 Å². The summed E-state index contributed by atoms with van der Waals surface area (Å²) in [6.45, 7) is 0. The van der Waals surface area contributed by atoms with Crippen molar-refractivity contribution >= 4 is 12.0 Å². The molecule has 0 saturated carbocycles. The van der Waals surface area contributed by atoms with Gasteiger partial charge in [0.15, 0.2) is 10.8 Å². The van der Waals surface area contributed by atoms with E-state index in [1.165, 1.54) is 7.05 Å². The molecule has 1 aromatic rings. The van der Waals surface area contributed by atoms with Gasteiger partial charge >= 0.3 is 0 Å². The summed E-state index contributed by atoms with van der Waals surface area (Å²) in [4.78, 5) is 13.8. The van der Waals surface area contributed by atoms with E-state index in [1.54, 1.807) is 24.3 Å². The van der Waals surface area contributed by atoms with Crippen LogP contribution in [0.3, 0.4) is 0 Å². The number of benzene rings is 1. The summed E-state index contributed by atoms with van der Waals surface area (Å²) in [6, 6.07) is 6.84. The number of hydrogen-bond donors (Lipinski definition) is 0. The van der Waals surface area contributed by atoms with Gasteiger partial charge in [-0.25, -0.2) is 0 Å². The second kappa shape index (κ2) is 4.16. The van der Waals surface area contributed by atoms with E-state index in [0.29, 0.717) is 11.3 Å². The van der Waals surface area contributed by atoms with Crippen LogP contribution in [0.25, 0.3) is 0 Å². The normalized spacial score (nSPS) is 8.42. The molecule has 0 saturated heterocycles.